The van der Waals surface area contributed by atoms with Crippen LogP contribution in [-0.2, 0) is 6.54 Å². The van der Waals surface area contributed by atoms with Gasteiger partial charge in [-0.3, -0.25) is 34.2 Å². The van der Waals surface area contributed by atoms with Gasteiger partial charge in [-0.25, -0.2) is 4.79 Å². The monoisotopic (exact) mass is 391 g/mol. The Morgan fingerprint density at radius 2 is 1.89 bits per heavy atom. The molecule has 11 nitrogen and oxygen atoms in total. The highest BCUT2D eigenvalue weighted by Gasteiger charge is 2.31. The summed E-state index contributed by atoms with van der Waals surface area (Å²) in [7, 11) is 0. The number of aromatic nitrogens is 2. The Morgan fingerprint density at radius 3 is 2.46 bits per heavy atom. The first-order valence-electron chi connectivity index (χ1n) is 9.14. The van der Waals surface area contributed by atoms with Gasteiger partial charge in [0.05, 0.1) is 21.3 Å². The van der Waals surface area contributed by atoms with E-state index in [1.54, 1.807) is 6.92 Å². The van der Waals surface area contributed by atoms with Crippen molar-refractivity contribution in [2.24, 2.45) is 5.92 Å². The van der Waals surface area contributed by atoms with E-state index in [-0.39, 0.29) is 29.4 Å². The predicted octanol–water partition coefficient (Wildman–Crippen LogP) is 1.56. The van der Waals surface area contributed by atoms with E-state index in [9.17, 15) is 29.8 Å². The number of nitro groups is 2. The first kappa shape index (κ1) is 19.7. The van der Waals surface area contributed by atoms with Gasteiger partial charge in [-0.15, -0.1) is 0 Å². The first-order valence-corrected chi connectivity index (χ1v) is 9.14. The molecule has 11 heteroatoms. The fourth-order valence-electron chi connectivity index (χ4n) is 3.99. The second kappa shape index (κ2) is 7.50. The lowest BCUT2D eigenvalue weighted by Gasteiger charge is -2.32. The smallest absolute Gasteiger partial charge is 0.316 e. The topological polar surface area (TPSA) is 142 Å². The zero-order valence-corrected chi connectivity index (χ0v) is 15.6. The zero-order valence-electron chi connectivity index (χ0n) is 15.6. The van der Waals surface area contributed by atoms with Crippen molar-refractivity contribution in [3.63, 3.8) is 0 Å². The highest BCUT2D eigenvalue weighted by atomic mass is 16.6. The first-order chi connectivity index (χ1) is 13.3. The van der Waals surface area contributed by atoms with Crippen molar-refractivity contribution in [3.8, 4) is 0 Å². The Hall–Kier alpha value is -3.08. The SMILES string of the molecule is CCC1CNCCC1n1c(=O)c2cc([N+](=O)[O-])cc([N+](=O)[O-])c2n(CC)c1=O. The van der Waals surface area contributed by atoms with Crippen molar-refractivity contribution >= 4 is 22.3 Å². The predicted molar refractivity (Wildman–Crippen MR) is 102 cm³/mol. The summed E-state index contributed by atoms with van der Waals surface area (Å²) >= 11 is 0. The number of non-ortho nitro benzene ring substituents is 2. The van der Waals surface area contributed by atoms with Gasteiger partial charge in [0.15, 0.2) is 0 Å². The Labute approximate surface area is 158 Å². The van der Waals surface area contributed by atoms with Crippen LogP contribution < -0.4 is 16.6 Å². The van der Waals surface area contributed by atoms with Crippen LogP contribution in [-0.4, -0.2) is 32.1 Å². The van der Waals surface area contributed by atoms with Crippen molar-refractivity contribution in [1.29, 1.82) is 0 Å². The normalized spacial score (nSPS) is 19.6. The number of nitrogens with one attached hydrogen (secondary N) is 1. The molecule has 1 aliphatic heterocycles. The Balaban J connectivity index is 2.46. The summed E-state index contributed by atoms with van der Waals surface area (Å²) in [5.74, 6) is 0.0376. The van der Waals surface area contributed by atoms with Gasteiger partial charge in [0.25, 0.3) is 11.2 Å². The third-order valence-electron chi connectivity index (χ3n) is 5.38. The minimum Gasteiger partial charge on any atom is -0.316 e. The van der Waals surface area contributed by atoms with Crippen LogP contribution in [0.5, 0.6) is 0 Å². The molecular formula is C17H21N5O6. The van der Waals surface area contributed by atoms with Gasteiger partial charge >= 0.3 is 11.4 Å². The van der Waals surface area contributed by atoms with Crippen LogP contribution in [0.1, 0.15) is 32.7 Å². The maximum Gasteiger partial charge on any atom is 0.331 e. The van der Waals surface area contributed by atoms with Crippen LogP contribution in [0.2, 0.25) is 0 Å². The molecule has 1 aromatic heterocycles. The summed E-state index contributed by atoms with van der Waals surface area (Å²) in [6, 6.07) is 1.44. The summed E-state index contributed by atoms with van der Waals surface area (Å²) < 4.78 is 2.29. The Morgan fingerprint density at radius 1 is 1.18 bits per heavy atom. The molecule has 0 bridgehead atoms. The van der Waals surface area contributed by atoms with Gasteiger partial charge in [-0.2, -0.15) is 0 Å². The second-order valence-electron chi connectivity index (χ2n) is 6.81. The molecule has 2 atom stereocenters. The number of hydrogen-bond acceptors (Lipinski definition) is 7. The van der Waals surface area contributed by atoms with Gasteiger partial charge < -0.3 is 5.32 Å². The van der Waals surface area contributed by atoms with Gasteiger partial charge in [-0.1, -0.05) is 13.3 Å². The standard InChI is InChI=1S/C17H21N5O6/c1-3-10-9-18-6-5-13(10)20-16(23)12-7-11(21(25)26)8-14(22(27)28)15(12)19(4-2)17(20)24/h7-8,10,13,18H,3-6,9H2,1-2H3. The average molecular weight is 391 g/mol. The molecule has 0 saturated carbocycles. The molecule has 0 amide bonds. The minimum atomic E-state index is -0.801. The van der Waals surface area contributed by atoms with Crippen molar-refractivity contribution in [2.45, 2.75) is 39.3 Å². The van der Waals surface area contributed by atoms with E-state index in [2.05, 4.69) is 5.32 Å². The highest BCUT2D eigenvalue weighted by Crippen LogP contribution is 2.30. The van der Waals surface area contributed by atoms with Crippen molar-refractivity contribution in [3.05, 3.63) is 53.2 Å². The molecule has 1 aromatic carbocycles. The molecule has 0 spiro atoms. The van der Waals surface area contributed by atoms with Crippen LogP contribution in [0.3, 0.4) is 0 Å². The van der Waals surface area contributed by atoms with Crippen LogP contribution in [0.15, 0.2) is 21.7 Å². The third kappa shape index (κ3) is 3.07. The van der Waals surface area contributed by atoms with Crippen LogP contribution >= 0.6 is 0 Å². The van der Waals surface area contributed by atoms with Crippen LogP contribution in [0.25, 0.3) is 10.9 Å². The molecule has 3 rings (SSSR count). The van der Waals surface area contributed by atoms with Crippen molar-refractivity contribution < 1.29 is 9.85 Å². The molecule has 28 heavy (non-hydrogen) atoms. The van der Waals surface area contributed by atoms with Gasteiger partial charge in [-0.05, 0) is 32.4 Å². The highest BCUT2D eigenvalue weighted by molar-refractivity contribution is 5.89. The fourth-order valence-corrected chi connectivity index (χ4v) is 3.99. The lowest BCUT2D eigenvalue weighted by atomic mass is 9.91. The molecular weight excluding hydrogens is 370 g/mol. The second-order valence-corrected chi connectivity index (χ2v) is 6.81. The number of hydrogen-bond donors (Lipinski definition) is 1. The number of nitrogens with zero attached hydrogens (tertiary/aromatic N) is 4. The van der Waals surface area contributed by atoms with E-state index in [1.165, 1.54) is 0 Å². The number of rotatable bonds is 5. The minimum absolute atomic E-state index is 0.0376. The molecule has 2 aromatic rings. The Bertz CT molecular complexity index is 1070. The van der Waals surface area contributed by atoms with Crippen molar-refractivity contribution in [1.82, 2.24) is 14.5 Å². The van der Waals surface area contributed by atoms with E-state index >= 15 is 0 Å². The Kier molecular flexibility index (Phi) is 5.27. The average Bonchev–Trinajstić information content (AvgIpc) is 2.68. The lowest BCUT2D eigenvalue weighted by Crippen LogP contribution is -2.48. The number of nitro benzene ring substituents is 2. The largest absolute Gasteiger partial charge is 0.331 e. The number of piperidine rings is 1. The number of benzene rings is 1. The summed E-state index contributed by atoms with van der Waals surface area (Å²) in [6.07, 6.45) is 1.29. The van der Waals surface area contributed by atoms with Crippen molar-refractivity contribution in [2.75, 3.05) is 13.1 Å². The molecule has 1 N–H and O–H groups in total. The van der Waals surface area contributed by atoms with E-state index in [0.717, 1.165) is 27.7 Å². The van der Waals surface area contributed by atoms with Gasteiger partial charge in [0.1, 0.15) is 5.52 Å². The zero-order chi connectivity index (χ0) is 20.6. The van der Waals surface area contributed by atoms with Crippen LogP contribution in [0.4, 0.5) is 11.4 Å². The third-order valence-corrected chi connectivity index (χ3v) is 5.38. The molecule has 0 aliphatic carbocycles. The van der Waals surface area contributed by atoms with Gasteiger partial charge in [0.2, 0.25) is 0 Å². The summed E-state index contributed by atoms with van der Waals surface area (Å²) in [5, 5.41) is 25.8. The molecule has 2 unspecified atom stereocenters. The maximum absolute atomic E-state index is 13.2. The molecule has 150 valence electrons. The van der Waals surface area contributed by atoms with E-state index < -0.39 is 32.5 Å². The van der Waals surface area contributed by atoms with E-state index in [1.807, 2.05) is 6.92 Å². The summed E-state index contributed by atoms with van der Waals surface area (Å²) in [5.41, 5.74) is -2.69. The molecule has 2 heterocycles. The van der Waals surface area contributed by atoms with Gasteiger partial charge in [0, 0.05) is 18.7 Å². The summed E-state index contributed by atoms with van der Waals surface area (Å²) in [4.78, 5) is 47.5. The van der Waals surface area contributed by atoms with E-state index in [0.29, 0.717) is 19.5 Å². The molecule has 1 aliphatic rings. The summed E-state index contributed by atoms with van der Waals surface area (Å²) in [6.45, 7) is 4.97. The maximum atomic E-state index is 13.2. The number of aryl methyl sites for hydroxylation is 1. The quantitative estimate of drug-likeness (QED) is 0.602. The molecule has 1 saturated heterocycles. The molecule has 0 radical (unpaired) electrons. The number of fused-ring (bicyclic) bond motifs is 1. The lowest BCUT2D eigenvalue weighted by molar-refractivity contribution is -0.393. The van der Waals surface area contributed by atoms with E-state index in [4.69, 9.17) is 0 Å². The van der Waals surface area contributed by atoms with Crippen LogP contribution in [0, 0.1) is 26.1 Å². The molecule has 1 fully saturated rings. The fraction of sp³-hybridized carbons (Fsp3) is 0.529.